The van der Waals surface area contributed by atoms with E-state index in [1.807, 2.05) is 31.2 Å². The van der Waals surface area contributed by atoms with Gasteiger partial charge in [0, 0.05) is 19.2 Å². The fraction of sp³-hybridized carbons (Fsp3) is 0.556. The molecule has 2 amide bonds. The van der Waals surface area contributed by atoms with Crippen molar-refractivity contribution >= 4 is 23.6 Å². The highest BCUT2D eigenvalue weighted by molar-refractivity contribution is 8.01. The van der Waals surface area contributed by atoms with Crippen molar-refractivity contribution in [2.45, 2.75) is 37.6 Å². The third-order valence-electron chi connectivity index (χ3n) is 4.82. The maximum Gasteiger partial charge on any atom is 0.246 e. The number of carbonyl (C=O) groups excluding carboxylic acids is 2. The maximum absolute atomic E-state index is 12.7. The van der Waals surface area contributed by atoms with E-state index in [4.69, 9.17) is 4.74 Å². The first kappa shape index (κ1) is 17.1. The van der Waals surface area contributed by atoms with E-state index in [9.17, 15) is 9.59 Å². The Morgan fingerprint density at radius 1 is 1.42 bits per heavy atom. The number of fused-ring (bicyclic) bond motifs is 1. The number of likely N-dealkylation sites (N-methyl/N-ethyl adjacent to an activating group) is 1. The van der Waals surface area contributed by atoms with Crippen molar-refractivity contribution in [1.82, 2.24) is 9.80 Å². The lowest BCUT2D eigenvalue weighted by Gasteiger charge is -2.31. The average molecular weight is 348 g/mol. The predicted octanol–water partition coefficient (Wildman–Crippen LogP) is 2.29. The lowest BCUT2D eigenvalue weighted by molar-refractivity contribution is -0.143. The molecule has 0 N–H and O–H groups in total. The number of carbonyl (C=O) groups is 2. The van der Waals surface area contributed by atoms with Crippen molar-refractivity contribution in [3.05, 3.63) is 29.8 Å². The normalized spacial score (nSPS) is 25.7. The van der Waals surface area contributed by atoms with E-state index < -0.39 is 0 Å². The second-order valence-corrected chi connectivity index (χ2v) is 8.19. The van der Waals surface area contributed by atoms with Gasteiger partial charge in [-0.2, -0.15) is 0 Å². The Morgan fingerprint density at radius 3 is 2.83 bits per heavy atom. The molecule has 2 aliphatic rings. The number of nitrogens with zero attached hydrogens (tertiary/aromatic N) is 2. The average Bonchev–Trinajstić information content (AvgIpc) is 3.05. The molecule has 3 rings (SSSR count). The Labute approximate surface area is 147 Å². The number of hydrogen-bond donors (Lipinski definition) is 0. The second-order valence-electron chi connectivity index (χ2n) is 6.69. The Hall–Kier alpha value is -1.69. The van der Waals surface area contributed by atoms with Crippen molar-refractivity contribution in [2.75, 3.05) is 26.0 Å². The van der Waals surface area contributed by atoms with Gasteiger partial charge in [0.15, 0.2) is 0 Å². The van der Waals surface area contributed by atoms with Crippen molar-refractivity contribution in [1.29, 1.82) is 0 Å². The SMILES string of the molecule is Cc1ccc(OCCN(C)C(=O)C2CSC3(C)CCC(=O)N23)cc1. The molecular formula is C18H24N2O3S. The van der Waals surface area contributed by atoms with Crippen molar-refractivity contribution in [3.8, 4) is 5.75 Å². The monoisotopic (exact) mass is 348 g/mol. The highest BCUT2D eigenvalue weighted by atomic mass is 32.2. The van der Waals surface area contributed by atoms with Gasteiger partial charge < -0.3 is 14.5 Å². The standard InChI is InChI=1S/C18H24N2O3S/c1-13-4-6-14(7-5-13)23-11-10-19(3)17(22)15-12-24-18(2)9-8-16(21)20(15)18/h4-7,15H,8-12H2,1-3H3. The van der Waals surface area contributed by atoms with Crippen LogP contribution in [0.4, 0.5) is 0 Å². The molecule has 2 saturated heterocycles. The van der Waals surface area contributed by atoms with Gasteiger partial charge in [0.05, 0.1) is 11.4 Å². The molecule has 130 valence electrons. The summed E-state index contributed by atoms with van der Waals surface area (Å²) in [6.07, 6.45) is 1.38. The topological polar surface area (TPSA) is 49.9 Å². The minimum absolute atomic E-state index is 0.00832. The molecule has 0 aliphatic carbocycles. The summed E-state index contributed by atoms with van der Waals surface area (Å²) < 4.78 is 5.69. The van der Waals surface area contributed by atoms with E-state index in [2.05, 4.69) is 6.92 Å². The van der Waals surface area contributed by atoms with E-state index in [1.54, 1.807) is 28.6 Å². The molecule has 5 nitrogen and oxygen atoms in total. The summed E-state index contributed by atoms with van der Waals surface area (Å²) in [5, 5.41) is 0. The number of rotatable bonds is 5. The molecule has 0 radical (unpaired) electrons. The minimum Gasteiger partial charge on any atom is -0.492 e. The molecule has 0 spiro atoms. The Kier molecular flexibility index (Phi) is 4.76. The van der Waals surface area contributed by atoms with Gasteiger partial charge in [0.2, 0.25) is 11.8 Å². The molecule has 2 aliphatic heterocycles. The lowest BCUT2D eigenvalue weighted by Crippen LogP contribution is -2.51. The van der Waals surface area contributed by atoms with Crippen molar-refractivity contribution < 1.29 is 14.3 Å². The van der Waals surface area contributed by atoms with Crippen LogP contribution in [-0.4, -0.2) is 58.5 Å². The van der Waals surface area contributed by atoms with E-state index >= 15 is 0 Å². The molecule has 0 aromatic heterocycles. The van der Waals surface area contributed by atoms with Crippen LogP contribution in [0.5, 0.6) is 5.75 Å². The zero-order valence-electron chi connectivity index (χ0n) is 14.4. The molecule has 2 atom stereocenters. The Balaban J connectivity index is 1.53. The lowest BCUT2D eigenvalue weighted by atomic mass is 10.2. The van der Waals surface area contributed by atoms with Gasteiger partial charge in [0.1, 0.15) is 18.4 Å². The summed E-state index contributed by atoms with van der Waals surface area (Å²) in [5.41, 5.74) is 1.19. The van der Waals surface area contributed by atoms with Gasteiger partial charge in [-0.1, -0.05) is 17.7 Å². The fourth-order valence-electron chi connectivity index (χ4n) is 3.30. The minimum atomic E-state index is -0.334. The van der Waals surface area contributed by atoms with Gasteiger partial charge in [-0.15, -0.1) is 11.8 Å². The van der Waals surface area contributed by atoms with Crippen LogP contribution in [0.2, 0.25) is 0 Å². The number of amides is 2. The summed E-state index contributed by atoms with van der Waals surface area (Å²) in [6.45, 7) is 5.04. The van der Waals surface area contributed by atoms with Crippen LogP contribution in [0.25, 0.3) is 0 Å². The van der Waals surface area contributed by atoms with Crippen LogP contribution in [-0.2, 0) is 9.59 Å². The van der Waals surface area contributed by atoms with Crippen molar-refractivity contribution in [2.24, 2.45) is 0 Å². The Morgan fingerprint density at radius 2 is 2.12 bits per heavy atom. The first-order valence-electron chi connectivity index (χ1n) is 8.31. The van der Waals surface area contributed by atoms with Gasteiger partial charge in [0.25, 0.3) is 0 Å². The number of hydrogen-bond acceptors (Lipinski definition) is 4. The summed E-state index contributed by atoms with van der Waals surface area (Å²) in [4.78, 5) is 28.2. The second kappa shape index (κ2) is 6.67. The molecule has 0 bridgehead atoms. The highest BCUT2D eigenvalue weighted by Crippen LogP contribution is 2.47. The van der Waals surface area contributed by atoms with E-state index in [0.717, 1.165) is 12.2 Å². The van der Waals surface area contributed by atoms with Crippen LogP contribution in [0.1, 0.15) is 25.3 Å². The molecule has 24 heavy (non-hydrogen) atoms. The zero-order valence-corrected chi connectivity index (χ0v) is 15.3. The number of thioether (sulfide) groups is 1. The first-order chi connectivity index (χ1) is 11.4. The van der Waals surface area contributed by atoms with Crippen LogP contribution in [0.15, 0.2) is 24.3 Å². The van der Waals surface area contributed by atoms with Gasteiger partial charge in [-0.3, -0.25) is 9.59 Å². The van der Waals surface area contributed by atoms with Crippen molar-refractivity contribution in [3.63, 3.8) is 0 Å². The maximum atomic E-state index is 12.7. The van der Waals surface area contributed by atoms with Crippen LogP contribution < -0.4 is 4.74 Å². The third kappa shape index (κ3) is 3.24. The van der Waals surface area contributed by atoms with E-state index in [1.165, 1.54) is 5.56 Å². The van der Waals surface area contributed by atoms with Gasteiger partial charge >= 0.3 is 0 Å². The summed E-state index contributed by atoms with van der Waals surface area (Å²) in [5.74, 6) is 1.60. The molecular weight excluding hydrogens is 324 g/mol. The Bertz CT molecular complexity index is 634. The van der Waals surface area contributed by atoms with Gasteiger partial charge in [-0.25, -0.2) is 0 Å². The number of aryl methyl sites for hydroxylation is 1. The highest BCUT2D eigenvalue weighted by Gasteiger charge is 2.53. The molecule has 1 aromatic rings. The summed E-state index contributed by atoms with van der Waals surface area (Å²) in [7, 11) is 1.78. The summed E-state index contributed by atoms with van der Waals surface area (Å²) >= 11 is 1.72. The first-order valence-corrected chi connectivity index (χ1v) is 9.30. The van der Waals surface area contributed by atoms with Crippen LogP contribution in [0, 0.1) is 6.92 Å². The molecule has 6 heteroatoms. The van der Waals surface area contributed by atoms with E-state index in [0.29, 0.717) is 25.3 Å². The quantitative estimate of drug-likeness (QED) is 0.819. The predicted molar refractivity (Wildman–Crippen MR) is 95.0 cm³/mol. The molecule has 2 heterocycles. The molecule has 2 unspecified atom stereocenters. The largest absolute Gasteiger partial charge is 0.492 e. The molecule has 0 saturated carbocycles. The zero-order chi connectivity index (χ0) is 17.3. The van der Waals surface area contributed by atoms with Gasteiger partial charge in [-0.05, 0) is 32.4 Å². The van der Waals surface area contributed by atoms with Crippen LogP contribution in [0.3, 0.4) is 0 Å². The number of benzene rings is 1. The molecule has 1 aromatic carbocycles. The number of ether oxygens (including phenoxy) is 1. The molecule has 2 fully saturated rings. The van der Waals surface area contributed by atoms with E-state index in [-0.39, 0.29) is 22.7 Å². The smallest absolute Gasteiger partial charge is 0.246 e. The summed E-state index contributed by atoms with van der Waals surface area (Å²) in [6, 6.07) is 7.52. The fourth-order valence-corrected chi connectivity index (χ4v) is 4.73. The van der Waals surface area contributed by atoms with Crippen LogP contribution >= 0.6 is 11.8 Å². The third-order valence-corrected chi connectivity index (χ3v) is 6.33.